The number of halogens is 2. The number of carbonyl (C=O) groups excluding carboxylic acids is 2. The number of amides is 2. The molecule has 10 heteroatoms. The Hall–Kier alpha value is -3.56. The Morgan fingerprint density at radius 3 is 2.63 bits per heavy atom. The zero-order chi connectivity index (χ0) is 21.5. The van der Waals surface area contributed by atoms with Crippen LogP contribution in [0.1, 0.15) is 15.9 Å². The van der Waals surface area contributed by atoms with Gasteiger partial charge in [-0.15, -0.1) is 0 Å². The van der Waals surface area contributed by atoms with Crippen LogP contribution < -0.4 is 29.6 Å². The van der Waals surface area contributed by atoms with Crippen molar-refractivity contribution in [2.45, 2.75) is 13.0 Å². The maximum absolute atomic E-state index is 12.4. The Bertz CT molecular complexity index is 922. The molecule has 8 nitrogen and oxygen atoms in total. The fraction of sp³-hybridized carbons (Fsp3) is 0.300. The van der Waals surface area contributed by atoms with Crippen molar-refractivity contribution in [1.82, 2.24) is 10.6 Å². The first kappa shape index (κ1) is 21.2. The highest BCUT2D eigenvalue weighted by molar-refractivity contribution is 5.97. The lowest BCUT2D eigenvalue weighted by atomic mass is 10.1. The molecule has 0 aliphatic carbocycles. The molecule has 0 fully saturated rings. The van der Waals surface area contributed by atoms with Crippen molar-refractivity contribution in [2.75, 3.05) is 27.0 Å². The van der Waals surface area contributed by atoms with Crippen LogP contribution in [0.2, 0.25) is 0 Å². The summed E-state index contributed by atoms with van der Waals surface area (Å²) in [7, 11) is 1.35. The van der Waals surface area contributed by atoms with Crippen molar-refractivity contribution in [1.29, 1.82) is 0 Å². The largest absolute Gasteiger partial charge is 0.493 e. The topological polar surface area (TPSA) is 95.1 Å². The molecular weight excluding hydrogens is 402 g/mol. The highest BCUT2D eigenvalue weighted by atomic mass is 19.3. The molecule has 0 bridgehead atoms. The van der Waals surface area contributed by atoms with E-state index in [9.17, 15) is 18.4 Å². The molecule has 2 N–H and O–H groups in total. The van der Waals surface area contributed by atoms with Gasteiger partial charge in [-0.25, -0.2) is 0 Å². The van der Waals surface area contributed by atoms with Gasteiger partial charge >= 0.3 is 6.61 Å². The van der Waals surface area contributed by atoms with E-state index < -0.39 is 12.5 Å². The molecular formula is C20H20F2N2O6. The average molecular weight is 422 g/mol. The van der Waals surface area contributed by atoms with Crippen LogP contribution >= 0.6 is 0 Å². The van der Waals surface area contributed by atoms with E-state index in [1.54, 1.807) is 30.3 Å². The lowest BCUT2D eigenvalue weighted by molar-refractivity contribution is -0.120. The second kappa shape index (κ2) is 9.77. The molecule has 0 spiro atoms. The molecule has 1 aliphatic rings. The second-order valence-corrected chi connectivity index (χ2v) is 6.21. The SMILES string of the molecule is COc1cc(CCNC(=O)CNC(=O)c2ccc3c(c2)OCO3)ccc1OC(F)F. The third-order valence-electron chi connectivity index (χ3n) is 4.22. The summed E-state index contributed by atoms with van der Waals surface area (Å²) >= 11 is 0. The van der Waals surface area contributed by atoms with E-state index in [4.69, 9.17) is 14.2 Å². The van der Waals surface area contributed by atoms with Crippen LogP contribution in [-0.4, -0.2) is 45.4 Å². The minimum Gasteiger partial charge on any atom is -0.493 e. The average Bonchev–Trinajstić information content (AvgIpc) is 3.20. The van der Waals surface area contributed by atoms with Crippen molar-refractivity contribution in [3.63, 3.8) is 0 Å². The van der Waals surface area contributed by atoms with Crippen LogP contribution in [0.5, 0.6) is 23.0 Å². The van der Waals surface area contributed by atoms with E-state index in [2.05, 4.69) is 15.4 Å². The summed E-state index contributed by atoms with van der Waals surface area (Å²) in [5.41, 5.74) is 1.11. The van der Waals surface area contributed by atoms with Crippen LogP contribution in [0.4, 0.5) is 8.78 Å². The van der Waals surface area contributed by atoms with Crippen molar-refractivity contribution in [2.24, 2.45) is 0 Å². The summed E-state index contributed by atoms with van der Waals surface area (Å²) in [6.07, 6.45) is 0.438. The van der Waals surface area contributed by atoms with E-state index in [-0.39, 0.29) is 37.3 Å². The molecule has 2 aromatic carbocycles. The zero-order valence-electron chi connectivity index (χ0n) is 16.1. The van der Waals surface area contributed by atoms with Crippen LogP contribution in [0.25, 0.3) is 0 Å². The van der Waals surface area contributed by atoms with Crippen molar-refractivity contribution < 1.29 is 37.3 Å². The molecule has 30 heavy (non-hydrogen) atoms. The molecule has 2 amide bonds. The van der Waals surface area contributed by atoms with E-state index in [0.29, 0.717) is 23.5 Å². The molecule has 160 valence electrons. The Labute approximate surface area is 171 Å². The predicted molar refractivity (Wildman–Crippen MR) is 101 cm³/mol. The van der Waals surface area contributed by atoms with Gasteiger partial charge in [-0.3, -0.25) is 9.59 Å². The van der Waals surface area contributed by atoms with Gasteiger partial charge < -0.3 is 29.6 Å². The second-order valence-electron chi connectivity index (χ2n) is 6.21. The Morgan fingerprint density at radius 2 is 1.87 bits per heavy atom. The summed E-state index contributed by atoms with van der Waals surface area (Å²) in [5.74, 6) is 0.375. The quantitative estimate of drug-likeness (QED) is 0.643. The lowest BCUT2D eigenvalue weighted by Crippen LogP contribution is -2.37. The fourth-order valence-electron chi connectivity index (χ4n) is 2.77. The number of fused-ring (bicyclic) bond motifs is 1. The summed E-state index contributed by atoms with van der Waals surface area (Å²) < 4.78 is 44.5. The smallest absolute Gasteiger partial charge is 0.387 e. The fourth-order valence-corrected chi connectivity index (χ4v) is 2.77. The number of carbonyl (C=O) groups is 2. The number of methoxy groups -OCH3 is 1. The van der Waals surface area contributed by atoms with Gasteiger partial charge in [0.25, 0.3) is 5.91 Å². The molecule has 0 saturated carbocycles. The van der Waals surface area contributed by atoms with E-state index >= 15 is 0 Å². The van der Waals surface area contributed by atoms with Crippen LogP contribution in [0, 0.1) is 0 Å². The first-order valence-electron chi connectivity index (χ1n) is 9.02. The van der Waals surface area contributed by atoms with Crippen LogP contribution in [-0.2, 0) is 11.2 Å². The third-order valence-corrected chi connectivity index (χ3v) is 4.22. The van der Waals surface area contributed by atoms with Gasteiger partial charge in [0, 0.05) is 12.1 Å². The van der Waals surface area contributed by atoms with Gasteiger partial charge in [-0.05, 0) is 42.3 Å². The maximum atomic E-state index is 12.4. The number of benzene rings is 2. The molecule has 0 unspecified atom stereocenters. The summed E-state index contributed by atoms with van der Waals surface area (Å²) in [5, 5.41) is 5.20. The maximum Gasteiger partial charge on any atom is 0.387 e. The lowest BCUT2D eigenvalue weighted by Gasteiger charge is -2.12. The molecule has 0 aromatic heterocycles. The highest BCUT2D eigenvalue weighted by Gasteiger charge is 2.16. The molecule has 2 aromatic rings. The van der Waals surface area contributed by atoms with Crippen molar-refractivity contribution >= 4 is 11.8 Å². The normalized spacial score (nSPS) is 11.9. The molecule has 0 saturated heterocycles. The summed E-state index contributed by atoms with van der Waals surface area (Å²) in [4.78, 5) is 24.1. The first-order valence-corrected chi connectivity index (χ1v) is 9.02. The zero-order valence-corrected chi connectivity index (χ0v) is 16.1. The van der Waals surface area contributed by atoms with E-state index in [1.807, 2.05) is 0 Å². The molecule has 1 heterocycles. The van der Waals surface area contributed by atoms with Crippen LogP contribution in [0.15, 0.2) is 36.4 Å². The molecule has 3 rings (SSSR count). The number of ether oxygens (including phenoxy) is 4. The molecule has 0 radical (unpaired) electrons. The first-order chi connectivity index (χ1) is 14.5. The van der Waals surface area contributed by atoms with Crippen molar-refractivity contribution in [3.05, 3.63) is 47.5 Å². The van der Waals surface area contributed by atoms with Gasteiger partial charge in [0.05, 0.1) is 13.7 Å². The van der Waals surface area contributed by atoms with Gasteiger partial charge in [0.15, 0.2) is 23.0 Å². The Morgan fingerprint density at radius 1 is 1.07 bits per heavy atom. The van der Waals surface area contributed by atoms with E-state index in [0.717, 1.165) is 5.56 Å². The van der Waals surface area contributed by atoms with Crippen molar-refractivity contribution in [3.8, 4) is 23.0 Å². The standard InChI is InChI=1S/C20H20F2N2O6/c1-27-16-8-12(2-4-15(16)30-20(21)22)6-7-23-18(25)10-24-19(26)13-3-5-14-17(9-13)29-11-28-14/h2-5,8-9,20H,6-7,10-11H2,1H3,(H,23,25)(H,24,26). The van der Waals surface area contributed by atoms with Gasteiger partial charge in [0.1, 0.15) is 0 Å². The molecule has 1 aliphatic heterocycles. The summed E-state index contributed by atoms with van der Waals surface area (Å²) in [6, 6.07) is 9.30. The van der Waals surface area contributed by atoms with Gasteiger partial charge in [-0.2, -0.15) is 8.78 Å². The number of hydrogen-bond acceptors (Lipinski definition) is 6. The minimum atomic E-state index is -2.95. The van der Waals surface area contributed by atoms with Crippen LogP contribution in [0.3, 0.4) is 0 Å². The Balaban J connectivity index is 1.43. The van der Waals surface area contributed by atoms with Gasteiger partial charge in [-0.1, -0.05) is 6.07 Å². The molecule has 0 atom stereocenters. The summed E-state index contributed by atoms with van der Waals surface area (Å²) in [6.45, 7) is -2.75. The van der Waals surface area contributed by atoms with Gasteiger partial charge in [0.2, 0.25) is 12.7 Å². The minimum absolute atomic E-state index is 0.0634. The predicted octanol–water partition coefficient (Wildman–Crippen LogP) is 2.11. The Kier molecular flexibility index (Phi) is 6.89. The number of hydrogen-bond donors (Lipinski definition) is 2. The van der Waals surface area contributed by atoms with E-state index in [1.165, 1.54) is 13.2 Å². The monoisotopic (exact) mass is 422 g/mol. The highest BCUT2D eigenvalue weighted by Crippen LogP contribution is 2.32. The number of rotatable bonds is 9. The number of nitrogens with one attached hydrogen (secondary N) is 2. The third kappa shape index (κ3) is 5.49. The number of alkyl halides is 2.